The molecule has 0 radical (unpaired) electrons. The molecule has 0 aromatic heterocycles. The molecule has 3 nitrogen and oxygen atoms in total. The lowest BCUT2D eigenvalue weighted by Gasteiger charge is -2.33. The predicted molar refractivity (Wildman–Crippen MR) is 48.6 cm³/mol. The topological polar surface area (TPSA) is 46.3 Å². The molecule has 12 heavy (non-hydrogen) atoms. The molecular formula is C9H18N2O. The Balaban J connectivity index is 2.46. The van der Waals surface area contributed by atoms with Gasteiger partial charge in [-0.15, -0.1) is 0 Å². The molecule has 1 fully saturated rings. The number of nitrogens with zero attached hydrogens (tertiary/aromatic N) is 1. The Kier molecular flexibility index (Phi) is 3.09. The Hall–Kier alpha value is -0.570. The number of amides is 1. The van der Waals surface area contributed by atoms with Gasteiger partial charge in [0.25, 0.3) is 0 Å². The predicted octanol–water partition coefficient (Wildman–Crippen LogP) is 0.592. The van der Waals surface area contributed by atoms with Crippen molar-refractivity contribution in [3.63, 3.8) is 0 Å². The van der Waals surface area contributed by atoms with Crippen LogP contribution >= 0.6 is 0 Å². The zero-order valence-electron chi connectivity index (χ0n) is 7.92. The quantitative estimate of drug-likeness (QED) is 0.626. The van der Waals surface area contributed by atoms with E-state index >= 15 is 0 Å². The average Bonchev–Trinajstić information content (AvgIpc) is 2.04. The summed E-state index contributed by atoms with van der Waals surface area (Å²) in [7, 11) is 0. The third-order valence-corrected chi connectivity index (χ3v) is 2.65. The van der Waals surface area contributed by atoms with Crippen LogP contribution in [-0.2, 0) is 4.79 Å². The van der Waals surface area contributed by atoms with E-state index in [0.717, 1.165) is 19.5 Å². The van der Waals surface area contributed by atoms with Crippen molar-refractivity contribution in [2.24, 2.45) is 11.7 Å². The lowest BCUT2D eigenvalue weighted by molar-refractivity contribution is -0.130. The van der Waals surface area contributed by atoms with Crippen LogP contribution in [0.4, 0.5) is 0 Å². The molecule has 2 unspecified atom stereocenters. The molecular weight excluding hydrogens is 152 g/mol. The van der Waals surface area contributed by atoms with Gasteiger partial charge >= 0.3 is 0 Å². The number of hydrogen-bond donors (Lipinski definition) is 1. The van der Waals surface area contributed by atoms with Crippen LogP contribution in [0.5, 0.6) is 0 Å². The van der Waals surface area contributed by atoms with Gasteiger partial charge in [-0.25, -0.2) is 0 Å². The molecule has 1 rings (SSSR count). The molecule has 2 N–H and O–H groups in total. The van der Waals surface area contributed by atoms with Gasteiger partial charge in [0.15, 0.2) is 0 Å². The summed E-state index contributed by atoms with van der Waals surface area (Å²) in [6, 6.07) is 0.215. The molecule has 2 atom stereocenters. The Morgan fingerprint density at radius 1 is 1.67 bits per heavy atom. The summed E-state index contributed by atoms with van der Waals surface area (Å²) in [6.07, 6.45) is 2.27. The van der Waals surface area contributed by atoms with E-state index in [0.29, 0.717) is 5.92 Å². The minimum Gasteiger partial charge on any atom is -0.343 e. The number of carbonyl (C=O) groups excluding carboxylic acids is 1. The summed E-state index contributed by atoms with van der Waals surface area (Å²) in [5, 5.41) is 0. The SMILES string of the molecule is CC(=O)N1CCCC(C(C)N)C1. The highest BCUT2D eigenvalue weighted by Gasteiger charge is 2.23. The summed E-state index contributed by atoms with van der Waals surface area (Å²) < 4.78 is 0. The number of hydrogen-bond acceptors (Lipinski definition) is 2. The molecule has 1 aliphatic rings. The lowest BCUT2D eigenvalue weighted by Crippen LogP contribution is -2.44. The van der Waals surface area contributed by atoms with Crippen molar-refractivity contribution < 1.29 is 4.79 Å². The average molecular weight is 170 g/mol. The Morgan fingerprint density at radius 2 is 2.33 bits per heavy atom. The van der Waals surface area contributed by atoms with Gasteiger partial charge in [0, 0.05) is 26.1 Å². The molecule has 0 aromatic rings. The number of carbonyl (C=O) groups is 1. The minimum absolute atomic E-state index is 0.181. The zero-order valence-corrected chi connectivity index (χ0v) is 7.92. The van der Waals surface area contributed by atoms with Crippen LogP contribution in [0.25, 0.3) is 0 Å². The van der Waals surface area contributed by atoms with E-state index in [1.54, 1.807) is 6.92 Å². The van der Waals surface area contributed by atoms with Crippen molar-refractivity contribution in [2.45, 2.75) is 32.7 Å². The summed E-state index contributed by atoms with van der Waals surface area (Å²) in [4.78, 5) is 13.0. The summed E-state index contributed by atoms with van der Waals surface area (Å²) in [5.74, 6) is 0.683. The van der Waals surface area contributed by atoms with Crippen LogP contribution in [0.15, 0.2) is 0 Å². The summed E-state index contributed by atoms with van der Waals surface area (Å²) in [5.41, 5.74) is 5.79. The summed E-state index contributed by atoms with van der Waals surface area (Å²) in [6.45, 7) is 5.42. The molecule has 1 amide bonds. The zero-order chi connectivity index (χ0) is 9.14. The normalized spacial score (nSPS) is 26.9. The first-order valence-corrected chi connectivity index (χ1v) is 4.62. The second kappa shape index (κ2) is 3.90. The van der Waals surface area contributed by atoms with Crippen LogP contribution < -0.4 is 5.73 Å². The monoisotopic (exact) mass is 170 g/mol. The van der Waals surface area contributed by atoms with Crippen molar-refractivity contribution in [1.82, 2.24) is 4.90 Å². The number of rotatable bonds is 1. The van der Waals surface area contributed by atoms with Gasteiger partial charge in [0.1, 0.15) is 0 Å². The second-order valence-corrected chi connectivity index (χ2v) is 3.73. The van der Waals surface area contributed by atoms with Gasteiger partial charge in [0.2, 0.25) is 5.91 Å². The molecule has 70 valence electrons. The van der Waals surface area contributed by atoms with Crippen LogP contribution in [0.3, 0.4) is 0 Å². The molecule has 3 heteroatoms. The van der Waals surface area contributed by atoms with E-state index in [4.69, 9.17) is 5.73 Å². The van der Waals surface area contributed by atoms with Crippen molar-refractivity contribution in [2.75, 3.05) is 13.1 Å². The van der Waals surface area contributed by atoms with Crippen molar-refractivity contribution in [1.29, 1.82) is 0 Å². The van der Waals surface area contributed by atoms with Crippen molar-refractivity contribution in [3.8, 4) is 0 Å². The fourth-order valence-electron chi connectivity index (χ4n) is 1.73. The maximum Gasteiger partial charge on any atom is 0.219 e. The Labute approximate surface area is 73.9 Å². The van der Waals surface area contributed by atoms with Crippen molar-refractivity contribution in [3.05, 3.63) is 0 Å². The highest BCUT2D eigenvalue weighted by molar-refractivity contribution is 5.73. The molecule has 1 heterocycles. The van der Waals surface area contributed by atoms with Gasteiger partial charge in [-0.1, -0.05) is 0 Å². The first-order chi connectivity index (χ1) is 5.61. The fourth-order valence-corrected chi connectivity index (χ4v) is 1.73. The van der Waals surface area contributed by atoms with Gasteiger partial charge in [0.05, 0.1) is 0 Å². The molecule has 0 aliphatic carbocycles. The molecule has 0 bridgehead atoms. The van der Waals surface area contributed by atoms with E-state index in [2.05, 4.69) is 0 Å². The van der Waals surface area contributed by atoms with E-state index < -0.39 is 0 Å². The maximum absolute atomic E-state index is 11.1. The molecule has 0 spiro atoms. The first kappa shape index (κ1) is 9.52. The highest BCUT2D eigenvalue weighted by Crippen LogP contribution is 2.18. The summed E-state index contributed by atoms with van der Waals surface area (Å²) >= 11 is 0. The molecule has 1 saturated heterocycles. The van der Waals surface area contributed by atoms with Gasteiger partial charge in [-0.05, 0) is 25.7 Å². The van der Waals surface area contributed by atoms with Crippen LogP contribution in [-0.4, -0.2) is 29.9 Å². The Bertz CT molecular complexity index is 168. The van der Waals surface area contributed by atoms with Gasteiger partial charge in [-0.2, -0.15) is 0 Å². The van der Waals surface area contributed by atoms with Gasteiger partial charge < -0.3 is 10.6 Å². The number of piperidine rings is 1. The van der Waals surface area contributed by atoms with Crippen LogP contribution in [0.1, 0.15) is 26.7 Å². The first-order valence-electron chi connectivity index (χ1n) is 4.62. The van der Waals surface area contributed by atoms with Crippen molar-refractivity contribution >= 4 is 5.91 Å². The Morgan fingerprint density at radius 3 is 2.83 bits per heavy atom. The lowest BCUT2D eigenvalue weighted by atomic mass is 9.92. The third kappa shape index (κ3) is 2.21. The second-order valence-electron chi connectivity index (χ2n) is 3.73. The molecule has 1 aliphatic heterocycles. The highest BCUT2D eigenvalue weighted by atomic mass is 16.2. The third-order valence-electron chi connectivity index (χ3n) is 2.65. The maximum atomic E-state index is 11.1. The number of nitrogens with two attached hydrogens (primary N) is 1. The fraction of sp³-hybridized carbons (Fsp3) is 0.889. The van der Waals surface area contributed by atoms with E-state index in [-0.39, 0.29) is 11.9 Å². The number of likely N-dealkylation sites (tertiary alicyclic amines) is 1. The van der Waals surface area contributed by atoms with E-state index in [1.165, 1.54) is 6.42 Å². The molecule has 0 aromatic carbocycles. The van der Waals surface area contributed by atoms with E-state index in [1.807, 2.05) is 11.8 Å². The van der Waals surface area contributed by atoms with Gasteiger partial charge in [-0.3, -0.25) is 4.79 Å². The smallest absolute Gasteiger partial charge is 0.219 e. The molecule has 0 saturated carbocycles. The van der Waals surface area contributed by atoms with Crippen LogP contribution in [0, 0.1) is 5.92 Å². The largest absolute Gasteiger partial charge is 0.343 e. The van der Waals surface area contributed by atoms with Crippen LogP contribution in [0.2, 0.25) is 0 Å². The standard InChI is InChI=1S/C9H18N2O/c1-7(10)9-4-3-5-11(6-9)8(2)12/h7,9H,3-6,10H2,1-2H3. The minimum atomic E-state index is 0.181. The van der Waals surface area contributed by atoms with E-state index in [9.17, 15) is 4.79 Å².